The molecule has 0 spiro atoms. The summed E-state index contributed by atoms with van der Waals surface area (Å²) in [5, 5.41) is 2.74. The van der Waals surface area contributed by atoms with Crippen LogP contribution in [0.5, 0.6) is 5.75 Å². The fraction of sp³-hybridized carbons (Fsp3) is 0.133. The first-order chi connectivity index (χ1) is 9.61. The number of benzene rings is 2. The lowest BCUT2D eigenvalue weighted by atomic mass is 10.1. The summed E-state index contributed by atoms with van der Waals surface area (Å²) in [6.07, 6.45) is 0. The van der Waals surface area contributed by atoms with Crippen LogP contribution in [0.1, 0.15) is 15.9 Å². The quantitative estimate of drug-likeness (QED) is 0.926. The Balaban J connectivity index is 2.06. The summed E-state index contributed by atoms with van der Waals surface area (Å²) in [5.74, 6) is -0.0907. The summed E-state index contributed by atoms with van der Waals surface area (Å²) < 4.78 is 18.9. The minimum atomic E-state index is -0.463. The maximum atomic E-state index is 13.4. The van der Waals surface area contributed by atoms with Crippen molar-refractivity contribution in [2.75, 3.05) is 7.11 Å². The van der Waals surface area contributed by atoms with Gasteiger partial charge in [-0.1, -0.05) is 18.2 Å². The molecule has 0 fully saturated rings. The molecule has 0 saturated carbocycles. The maximum Gasteiger partial charge on any atom is 0.251 e. The Morgan fingerprint density at radius 2 is 2.05 bits per heavy atom. The molecule has 1 amide bonds. The van der Waals surface area contributed by atoms with E-state index in [0.29, 0.717) is 16.8 Å². The summed E-state index contributed by atoms with van der Waals surface area (Å²) >= 11 is 3.05. The predicted molar refractivity (Wildman–Crippen MR) is 78.3 cm³/mol. The van der Waals surface area contributed by atoms with E-state index >= 15 is 0 Å². The predicted octanol–water partition coefficient (Wildman–Crippen LogP) is 3.53. The Labute approximate surface area is 124 Å². The van der Waals surface area contributed by atoms with Gasteiger partial charge in [-0.15, -0.1) is 0 Å². The molecular weight excluding hydrogens is 325 g/mol. The van der Waals surface area contributed by atoms with Crippen molar-refractivity contribution in [3.8, 4) is 5.75 Å². The van der Waals surface area contributed by atoms with E-state index in [1.165, 1.54) is 12.1 Å². The fourth-order valence-corrected chi connectivity index (χ4v) is 2.01. The van der Waals surface area contributed by atoms with Crippen molar-refractivity contribution in [3.05, 3.63) is 63.9 Å². The van der Waals surface area contributed by atoms with Crippen LogP contribution in [-0.4, -0.2) is 13.0 Å². The number of hydrogen-bond acceptors (Lipinski definition) is 2. The lowest BCUT2D eigenvalue weighted by molar-refractivity contribution is 0.0950. The van der Waals surface area contributed by atoms with E-state index in [1.807, 2.05) is 24.3 Å². The highest BCUT2D eigenvalue weighted by Crippen LogP contribution is 2.18. The number of nitrogens with one attached hydrogen (secondary N) is 1. The summed E-state index contributed by atoms with van der Waals surface area (Å²) in [6.45, 7) is 0.320. The molecule has 0 atom stereocenters. The van der Waals surface area contributed by atoms with Crippen molar-refractivity contribution in [2.24, 2.45) is 0 Å². The average molecular weight is 338 g/mol. The summed E-state index contributed by atoms with van der Waals surface area (Å²) in [6, 6.07) is 11.7. The van der Waals surface area contributed by atoms with Crippen molar-refractivity contribution in [1.29, 1.82) is 0 Å². The molecule has 0 saturated heterocycles. The van der Waals surface area contributed by atoms with Crippen LogP contribution in [-0.2, 0) is 6.54 Å². The lowest BCUT2D eigenvalue weighted by Gasteiger charge is -2.09. The number of carbonyl (C=O) groups is 1. The van der Waals surface area contributed by atoms with Gasteiger partial charge in [0.25, 0.3) is 5.91 Å². The zero-order valence-corrected chi connectivity index (χ0v) is 12.4. The zero-order valence-electron chi connectivity index (χ0n) is 10.8. The van der Waals surface area contributed by atoms with Crippen LogP contribution >= 0.6 is 15.9 Å². The molecule has 0 aromatic heterocycles. The van der Waals surface area contributed by atoms with E-state index in [4.69, 9.17) is 4.74 Å². The number of ether oxygens (including phenoxy) is 1. The highest BCUT2D eigenvalue weighted by molar-refractivity contribution is 9.10. The van der Waals surface area contributed by atoms with E-state index in [0.717, 1.165) is 5.56 Å². The molecule has 0 unspecified atom stereocenters. The first-order valence-corrected chi connectivity index (χ1v) is 6.76. The monoisotopic (exact) mass is 337 g/mol. The van der Waals surface area contributed by atoms with Crippen LogP contribution in [0.15, 0.2) is 46.9 Å². The third kappa shape index (κ3) is 3.36. The van der Waals surface area contributed by atoms with Crippen molar-refractivity contribution >= 4 is 21.8 Å². The molecule has 0 radical (unpaired) electrons. The van der Waals surface area contributed by atoms with Gasteiger partial charge < -0.3 is 10.1 Å². The van der Waals surface area contributed by atoms with Gasteiger partial charge in [0.2, 0.25) is 0 Å². The summed E-state index contributed by atoms with van der Waals surface area (Å²) in [5.41, 5.74) is 1.14. The van der Waals surface area contributed by atoms with E-state index in [9.17, 15) is 9.18 Å². The first kappa shape index (κ1) is 14.5. The third-order valence-corrected chi connectivity index (χ3v) is 3.46. The topological polar surface area (TPSA) is 38.3 Å². The molecule has 0 aliphatic carbocycles. The van der Waals surface area contributed by atoms with Gasteiger partial charge in [-0.2, -0.15) is 0 Å². The number of hydrogen-bond donors (Lipinski definition) is 1. The molecule has 0 aliphatic heterocycles. The highest BCUT2D eigenvalue weighted by Gasteiger charge is 2.09. The number of carbonyl (C=O) groups excluding carboxylic acids is 1. The molecule has 3 nitrogen and oxygen atoms in total. The van der Waals surface area contributed by atoms with Crippen molar-refractivity contribution in [3.63, 3.8) is 0 Å². The molecule has 2 aromatic carbocycles. The van der Waals surface area contributed by atoms with Crippen LogP contribution in [0.4, 0.5) is 4.39 Å². The van der Waals surface area contributed by atoms with Gasteiger partial charge in [0.1, 0.15) is 11.6 Å². The van der Waals surface area contributed by atoms with Crippen LogP contribution in [0.25, 0.3) is 0 Å². The number of methoxy groups -OCH3 is 1. The van der Waals surface area contributed by atoms with Crippen molar-refractivity contribution in [1.82, 2.24) is 5.32 Å². The second kappa shape index (κ2) is 6.52. The number of rotatable bonds is 4. The van der Waals surface area contributed by atoms with E-state index in [2.05, 4.69) is 21.2 Å². The molecule has 0 aliphatic rings. The Morgan fingerprint density at radius 1 is 1.30 bits per heavy atom. The van der Waals surface area contributed by atoms with Gasteiger partial charge in [0, 0.05) is 17.7 Å². The van der Waals surface area contributed by atoms with Crippen LogP contribution < -0.4 is 10.1 Å². The SMILES string of the molecule is COc1ccccc1CNC(=O)c1ccc(Br)c(F)c1. The molecule has 0 bridgehead atoms. The Bertz CT molecular complexity index is 631. The minimum absolute atomic E-state index is 0.278. The second-order valence-electron chi connectivity index (χ2n) is 4.12. The largest absolute Gasteiger partial charge is 0.496 e. The van der Waals surface area contributed by atoms with Gasteiger partial charge in [-0.3, -0.25) is 4.79 Å². The molecule has 0 heterocycles. The normalized spacial score (nSPS) is 10.2. The molecule has 1 N–H and O–H groups in total. The van der Waals surface area contributed by atoms with Crippen LogP contribution in [0, 0.1) is 5.82 Å². The van der Waals surface area contributed by atoms with Gasteiger partial charge >= 0.3 is 0 Å². The molecule has 20 heavy (non-hydrogen) atoms. The second-order valence-corrected chi connectivity index (χ2v) is 4.98. The zero-order chi connectivity index (χ0) is 14.5. The standard InChI is InChI=1S/C15H13BrFNO2/c1-20-14-5-3-2-4-11(14)9-18-15(19)10-6-7-12(16)13(17)8-10/h2-8H,9H2,1H3,(H,18,19). The van der Waals surface area contributed by atoms with Crippen LogP contribution in [0.2, 0.25) is 0 Å². The molecular formula is C15H13BrFNO2. The molecule has 104 valence electrons. The smallest absolute Gasteiger partial charge is 0.251 e. The van der Waals surface area contributed by atoms with E-state index in [1.54, 1.807) is 13.2 Å². The average Bonchev–Trinajstić information content (AvgIpc) is 2.47. The van der Waals surface area contributed by atoms with Crippen molar-refractivity contribution < 1.29 is 13.9 Å². The molecule has 2 rings (SSSR count). The fourth-order valence-electron chi connectivity index (χ4n) is 1.76. The number of para-hydroxylation sites is 1. The third-order valence-electron chi connectivity index (χ3n) is 2.81. The van der Waals surface area contributed by atoms with Gasteiger partial charge in [0.05, 0.1) is 11.6 Å². The van der Waals surface area contributed by atoms with Gasteiger partial charge in [-0.25, -0.2) is 4.39 Å². The Hall–Kier alpha value is -1.88. The summed E-state index contributed by atoms with van der Waals surface area (Å²) in [4.78, 5) is 11.9. The number of amides is 1. The van der Waals surface area contributed by atoms with Crippen LogP contribution in [0.3, 0.4) is 0 Å². The molecule has 2 aromatic rings. The van der Waals surface area contributed by atoms with Gasteiger partial charge in [0.15, 0.2) is 0 Å². The van der Waals surface area contributed by atoms with E-state index < -0.39 is 5.82 Å². The van der Waals surface area contributed by atoms with Crippen molar-refractivity contribution in [2.45, 2.75) is 6.54 Å². The Morgan fingerprint density at radius 3 is 2.75 bits per heavy atom. The first-order valence-electron chi connectivity index (χ1n) is 5.97. The highest BCUT2D eigenvalue weighted by atomic mass is 79.9. The summed E-state index contributed by atoms with van der Waals surface area (Å²) in [7, 11) is 1.57. The minimum Gasteiger partial charge on any atom is -0.496 e. The Kier molecular flexibility index (Phi) is 4.74. The van der Waals surface area contributed by atoms with Gasteiger partial charge in [-0.05, 0) is 40.2 Å². The molecule has 5 heteroatoms. The number of halogens is 2. The maximum absolute atomic E-state index is 13.4. The van der Waals surface area contributed by atoms with E-state index in [-0.39, 0.29) is 11.5 Å². The lowest BCUT2D eigenvalue weighted by Crippen LogP contribution is -2.23.